The second-order valence-corrected chi connectivity index (χ2v) is 2.80. The van der Waals surface area contributed by atoms with E-state index >= 15 is 0 Å². The Hall–Kier alpha value is -0.480. The Morgan fingerprint density at radius 3 is 2.73 bits per heavy atom. The van der Waals surface area contributed by atoms with Crippen molar-refractivity contribution < 1.29 is 19.0 Å². The minimum atomic E-state index is -0.735. The van der Waals surface area contributed by atoms with Crippen LogP contribution in [0.1, 0.15) is 6.92 Å². The van der Waals surface area contributed by atoms with Crippen molar-refractivity contribution in [2.75, 3.05) is 13.2 Å². The molecule has 1 unspecified atom stereocenters. The van der Waals surface area contributed by atoms with Gasteiger partial charge in [0.15, 0.2) is 11.7 Å². The topological polar surface area (TPSA) is 44.8 Å². The molecule has 64 valence electrons. The third-order valence-corrected chi connectivity index (χ3v) is 1.22. The van der Waals surface area contributed by atoms with E-state index in [4.69, 9.17) is 21.1 Å². The smallest absolute Gasteiger partial charge is 0.426 e. The number of hydrogen-bond acceptors (Lipinski definition) is 4. The van der Waals surface area contributed by atoms with E-state index in [2.05, 4.69) is 4.74 Å². The average molecular weight is 181 g/mol. The second kappa shape index (κ2) is 3.78. The van der Waals surface area contributed by atoms with Gasteiger partial charge in [-0.05, 0) is 6.92 Å². The third kappa shape index (κ3) is 2.95. The zero-order valence-electron chi connectivity index (χ0n) is 6.08. The van der Waals surface area contributed by atoms with Crippen molar-refractivity contribution in [2.45, 2.75) is 18.6 Å². The van der Waals surface area contributed by atoms with Crippen LogP contribution in [0.15, 0.2) is 0 Å². The molecule has 1 aliphatic heterocycles. The van der Waals surface area contributed by atoms with Gasteiger partial charge in [0.1, 0.15) is 0 Å². The van der Waals surface area contributed by atoms with E-state index in [9.17, 15) is 4.79 Å². The van der Waals surface area contributed by atoms with E-state index < -0.39 is 11.7 Å². The second-order valence-electron chi connectivity index (χ2n) is 2.19. The molecule has 0 N–H and O–H groups in total. The fourth-order valence-corrected chi connectivity index (χ4v) is 0.651. The first-order valence-electron chi connectivity index (χ1n) is 3.27. The molecule has 0 saturated carbocycles. The van der Waals surface area contributed by atoms with Crippen LogP contribution in [-0.2, 0) is 14.2 Å². The van der Waals surface area contributed by atoms with E-state index in [1.807, 2.05) is 0 Å². The van der Waals surface area contributed by atoms with Gasteiger partial charge in [0.2, 0.25) is 0 Å². The summed E-state index contributed by atoms with van der Waals surface area (Å²) in [6.07, 6.45) is -0.890. The molecule has 5 heteroatoms. The Balaban J connectivity index is 2.09. The summed E-state index contributed by atoms with van der Waals surface area (Å²) in [5, 5.41) is 0. The van der Waals surface area contributed by atoms with Crippen molar-refractivity contribution in [1.29, 1.82) is 0 Å². The van der Waals surface area contributed by atoms with Crippen molar-refractivity contribution in [2.24, 2.45) is 0 Å². The lowest BCUT2D eigenvalue weighted by molar-refractivity contribution is -0.114. The van der Waals surface area contributed by atoms with Crippen LogP contribution in [-0.4, -0.2) is 31.0 Å². The number of carbonyl (C=O) groups excluding carboxylic acids is 1. The molecule has 0 aliphatic carbocycles. The quantitative estimate of drug-likeness (QED) is 0.472. The van der Waals surface area contributed by atoms with Crippen molar-refractivity contribution in [3.05, 3.63) is 0 Å². The summed E-state index contributed by atoms with van der Waals surface area (Å²) < 4.78 is 14.0. The summed E-state index contributed by atoms with van der Waals surface area (Å²) in [5.74, 6) is 0. The maximum Gasteiger partial charge on any atom is 0.510 e. The van der Waals surface area contributed by atoms with Gasteiger partial charge in [0, 0.05) is 0 Å². The van der Waals surface area contributed by atoms with Crippen LogP contribution in [0.3, 0.4) is 0 Å². The molecule has 0 aromatic heterocycles. The number of halogens is 1. The van der Waals surface area contributed by atoms with Crippen molar-refractivity contribution >= 4 is 17.8 Å². The Morgan fingerprint density at radius 1 is 1.73 bits per heavy atom. The molecule has 1 aliphatic rings. The molecular formula is C6H9ClO4. The molecule has 1 heterocycles. The molecular weight excluding hydrogens is 172 g/mol. The molecule has 0 spiro atoms. The summed E-state index contributed by atoms with van der Waals surface area (Å²) in [6, 6.07) is 0. The van der Waals surface area contributed by atoms with Crippen LogP contribution in [0.25, 0.3) is 0 Å². The first kappa shape index (κ1) is 8.62. The Kier molecular flexibility index (Phi) is 2.96. The van der Waals surface area contributed by atoms with Crippen molar-refractivity contribution in [1.82, 2.24) is 0 Å². The van der Waals surface area contributed by atoms with Crippen LogP contribution in [0.2, 0.25) is 0 Å². The highest BCUT2D eigenvalue weighted by Gasteiger charge is 2.23. The number of hydrogen-bond donors (Lipinski definition) is 0. The lowest BCUT2D eigenvalue weighted by Crippen LogP contribution is -2.38. The third-order valence-electron chi connectivity index (χ3n) is 1.13. The molecule has 0 aromatic rings. The predicted octanol–water partition coefficient (Wildman–Crippen LogP) is 1.12. The number of rotatable bonds is 2. The summed E-state index contributed by atoms with van der Waals surface area (Å²) >= 11 is 5.36. The molecule has 1 saturated heterocycles. The highest BCUT2D eigenvalue weighted by Crippen LogP contribution is 2.08. The van der Waals surface area contributed by atoms with Gasteiger partial charge in [-0.2, -0.15) is 0 Å². The van der Waals surface area contributed by atoms with Gasteiger partial charge in [-0.25, -0.2) is 4.79 Å². The largest absolute Gasteiger partial charge is 0.510 e. The Bertz CT molecular complexity index is 144. The fourth-order valence-electron chi connectivity index (χ4n) is 0.579. The molecule has 0 aromatic carbocycles. The Morgan fingerprint density at radius 2 is 2.36 bits per heavy atom. The molecule has 4 nitrogen and oxygen atoms in total. The lowest BCUT2D eigenvalue weighted by atomic mass is 10.3. The first-order chi connectivity index (χ1) is 5.18. The van der Waals surface area contributed by atoms with Gasteiger partial charge >= 0.3 is 6.16 Å². The van der Waals surface area contributed by atoms with Crippen LogP contribution < -0.4 is 0 Å². The summed E-state index contributed by atoms with van der Waals surface area (Å²) in [4.78, 5) is 10.7. The lowest BCUT2D eigenvalue weighted by Gasteiger charge is -2.25. The van der Waals surface area contributed by atoms with E-state index in [0.29, 0.717) is 13.2 Å². The van der Waals surface area contributed by atoms with Gasteiger partial charge < -0.3 is 14.2 Å². The zero-order chi connectivity index (χ0) is 8.27. The van der Waals surface area contributed by atoms with Crippen LogP contribution in [0, 0.1) is 0 Å². The van der Waals surface area contributed by atoms with Gasteiger partial charge in [-0.1, -0.05) is 11.6 Å². The Labute approximate surface area is 69.4 Å². The predicted molar refractivity (Wildman–Crippen MR) is 37.5 cm³/mol. The number of ether oxygens (including phenoxy) is 3. The van der Waals surface area contributed by atoms with Crippen LogP contribution >= 0.6 is 11.6 Å². The standard InChI is InChI=1S/C6H9ClO4/c1-4(7)10-6(8)11-5-2-9-3-5/h4-5H,2-3H2,1H3. The first-order valence-corrected chi connectivity index (χ1v) is 3.71. The number of carbonyl (C=O) groups is 1. The SMILES string of the molecule is CC(Cl)OC(=O)OC1COC1. The van der Waals surface area contributed by atoms with E-state index in [-0.39, 0.29) is 6.10 Å². The zero-order valence-corrected chi connectivity index (χ0v) is 6.84. The van der Waals surface area contributed by atoms with Crippen LogP contribution in [0.4, 0.5) is 4.79 Å². The van der Waals surface area contributed by atoms with Crippen LogP contribution in [0.5, 0.6) is 0 Å². The maximum absolute atomic E-state index is 10.7. The van der Waals surface area contributed by atoms with Crippen molar-refractivity contribution in [3.8, 4) is 0 Å². The molecule has 0 radical (unpaired) electrons. The number of alkyl halides is 1. The molecule has 0 bridgehead atoms. The minimum Gasteiger partial charge on any atom is -0.426 e. The monoisotopic (exact) mass is 180 g/mol. The molecule has 11 heavy (non-hydrogen) atoms. The van der Waals surface area contributed by atoms with Crippen molar-refractivity contribution in [3.63, 3.8) is 0 Å². The average Bonchev–Trinajstić information content (AvgIpc) is 1.77. The van der Waals surface area contributed by atoms with Gasteiger partial charge in [0.05, 0.1) is 13.2 Å². The molecule has 1 atom stereocenters. The fraction of sp³-hybridized carbons (Fsp3) is 0.833. The summed E-state index contributed by atoms with van der Waals surface area (Å²) in [7, 11) is 0. The maximum atomic E-state index is 10.7. The minimum absolute atomic E-state index is 0.155. The van der Waals surface area contributed by atoms with Gasteiger partial charge in [-0.15, -0.1) is 0 Å². The van der Waals surface area contributed by atoms with E-state index in [0.717, 1.165) is 0 Å². The van der Waals surface area contributed by atoms with E-state index in [1.165, 1.54) is 0 Å². The molecule has 1 rings (SSSR count). The normalized spacial score (nSPS) is 20.2. The highest BCUT2D eigenvalue weighted by molar-refractivity contribution is 6.19. The molecule has 0 amide bonds. The molecule has 1 fully saturated rings. The summed E-state index contributed by atoms with van der Waals surface area (Å²) in [6.45, 7) is 2.44. The van der Waals surface area contributed by atoms with Gasteiger partial charge in [-0.3, -0.25) is 0 Å². The summed E-state index contributed by atoms with van der Waals surface area (Å²) in [5.41, 5.74) is -0.650. The van der Waals surface area contributed by atoms with Gasteiger partial charge in [0.25, 0.3) is 0 Å². The highest BCUT2D eigenvalue weighted by atomic mass is 35.5. The van der Waals surface area contributed by atoms with E-state index in [1.54, 1.807) is 6.92 Å².